The number of nitrogens with one attached hydrogen (secondary N) is 2. The lowest BCUT2D eigenvalue weighted by molar-refractivity contribution is -0.136. The van der Waals surface area contributed by atoms with Crippen LogP contribution in [-0.2, 0) is 6.18 Å². The van der Waals surface area contributed by atoms with Gasteiger partial charge in [-0.1, -0.05) is 0 Å². The number of carbonyl (C=O) groups is 1. The van der Waals surface area contributed by atoms with Crippen LogP contribution in [0, 0.1) is 0 Å². The number of hydrogen-bond donors (Lipinski definition) is 2. The molecule has 1 heterocycles. The van der Waals surface area contributed by atoms with Crippen LogP contribution in [0.25, 0.3) is 0 Å². The van der Waals surface area contributed by atoms with Crippen molar-refractivity contribution in [3.8, 4) is 0 Å². The molecule has 1 aromatic heterocycles. The van der Waals surface area contributed by atoms with Crippen LogP contribution in [-0.4, -0.2) is 17.9 Å². The first-order chi connectivity index (χ1) is 9.91. The first-order valence-electron chi connectivity index (χ1n) is 6.02. The summed E-state index contributed by atoms with van der Waals surface area (Å²) < 4.78 is 38.8. The fourth-order valence-electron chi connectivity index (χ4n) is 1.78. The van der Waals surface area contributed by atoms with Gasteiger partial charge in [-0.3, -0.25) is 9.78 Å². The summed E-state index contributed by atoms with van der Waals surface area (Å²) in [6.45, 7) is 0. The molecule has 0 fully saturated rings. The average Bonchev–Trinajstić information content (AvgIpc) is 2.46. The zero-order valence-corrected chi connectivity index (χ0v) is 11.0. The van der Waals surface area contributed by atoms with Crippen LogP contribution in [0.15, 0.2) is 42.7 Å². The second-order valence-corrected chi connectivity index (χ2v) is 4.20. The highest BCUT2D eigenvalue weighted by molar-refractivity contribution is 6.04. The number of nitrogens with zero attached hydrogens (tertiary/aromatic N) is 1. The molecule has 0 aliphatic heterocycles. The highest BCUT2D eigenvalue weighted by Gasteiger charge is 2.34. The SMILES string of the molecule is CNc1ccc(C(=O)Nc2cccnc2)cc1C(F)(F)F. The second-order valence-electron chi connectivity index (χ2n) is 4.20. The number of hydrogen-bond acceptors (Lipinski definition) is 3. The Morgan fingerprint density at radius 3 is 2.57 bits per heavy atom. The molecule has 21 heavy (non-hydrogen) atoms. The molecule has 0 saturated heterocycles. The lowest BCUT2D eigenvalue weighted by atomic mass is 10.1. The molecule has 0 bridgehead atoms. The quantitative estimate of drug-likeness (QED) is 0.912. The van der Waals surface area contributed by atoms with Gasteiger partial charge in [-0.15, -0.1) is 0 Å². The van der Waals surface area contributed by atoms with Crippen LogP contribution in [0.2, 0.25) is 0 Å². The van der Waals surface area contributed by atoms with Gasteiger partial charge in [-0.25, -0.2) is 0 Å². The molecule has 1 amide bonds. The molecule has 2 aromatic rings. The van der Waals surface area contributed by atoms with E-state index in [4.69, 9.17) is 0 Å². The van der Waals surface area contributed by atoms with E-state index in [9.17, 15) is 18.0 Å². The molecule has 4 nitrogen and oxygen atoms in total. The minimum atomic E-state index is -4.54. The number of benzene rings is 1. The second kappa shape index (κ2) is 5.82. The van der Waals surface area contributed by atoms with Crippen LogP contribution in [0.3, 0.4) is 0 Å². The minimum absolute atomic E-state index is 0.0785. The number of anilines is 2. The van der Waals surface area contributed by atoms with Crippen molar-refractivity contribution in [2.75, 3.05) is 17.7 Å². The third-order valence-corrected chi connectivity index (χ3v) is 2.78. The Kier molecular flexibility index (Phi) is 4.11. The summed E-state index contributed by atoms with van der Waals surface area (Å²) in [5, 5.41) is 4.94. The number of alkyl halides is 3. The van der Waals surface area contributed by atoms with Gasteiger partial charge in [0.2, 0.25) is 0 Å². The molecule has 0 aliphatic rings. The highest BCUT2D eigenvalue weighted by Crippen LogP contribution is 2.35. The zero-order chi connectivity index (χ0) is 15.5. The van der Waals surface area contributed by atoms with E-state index in [1.165, 1.54) is 31.6 Å². The van der Waals surface area contributed by atoms with E-state index in [1.807, 2.05) is 0 Å². The van der Waals surface area contributed by atoms with Gasteiger partial charge in [0.25, 0.3) is 5.91 Å². The molecular formula is C14H12F3N3O. The Labute approximate surface area is 119 Å². The minimum Gasteiger partial charge on any atom is -0.388 e. The molecule has 0 radical (unpaired) electrons. The summed E-state index contributed by atoms with van der Waals surface area (Å²) in [7, 11) is 1.39. The standard InChI is InChI=1S/C14H12F3N3O/c1-18-12-5-4-9(7-11(12)14(15,16)17)13(21)20-10-3-2-6-19-8-10/h2-8,18H,1H3,(H,20,21). The highest BCUT2D eigenvalue weighted by atomic mass is 19.4. The summed E-state index contributed by atoms with van der Waals surface area (Å²) in [5.41, 5.74) is -0.636. The Morgan fingerprint density at radius 1 is 1.24 bits per heavy atom. The molecule has 2 N–H and O–H groups in total. The number of rotatable bonds is 3. The summed E-state index contributed by atoms with van der Waals surface area (Å²) >= 11 is 0. The van der Waals surface area contributed by atoms with E-state index in [1.54, 1.807) is 12.1 Å². The first-order valence-corrected chi connectivity index (χ1v) is 6.02. The van der Waals surface area contributed by atoms with Gasteiger partial charge in [0, 0.05) is 24.5 Å². The predicted octanol–water partition coefficient (Wildman–Crippen LogP) is 3.39. The van der Waals surface area contributed by atoms with Crippen molar-refractivity contribution in [2.24, 2.45) is 0 Å². The lowest BCUT2D eigenvalue weighted by Gasteiger charge is -2.14. The van der Waals surface area contributed by atoms with Gasteiger partial charge < -0.3 is 10.6 Å². The molecule has 0 unspecified atom stereocenters. The summed E-state index contributed by atoms with van der Waals surface area (Å²) in [6.07, 6.45) is -1.60. The average molecular weight is 295 g/mol. The number of carbonyl (C=O) groups excluding carboxylic acids is 1. The van der Waals surface area contributed by atoms with E-state index in [2.05, 4.69) is 15.6 Å². The van der Waals surface area contributed by atoms with Crippen molar-refractivity contribution < 1.29 is 18.0 Å². The van der Waals surface area contributed by atoms with Gasteiger partial charge in [0.05, 0.1) is 17.4 Å². The Morgan fingerprint density at radius 2 is 2.00 bits per heavy atom. The maximum Gasteiger partial charge on any atom is 0.418 e. The van der Waals surface area contributed by atoms with Gasteiger partial charge in [0.15, 0.2) is 0 Å². The van der Waals surface area contributed by atoms with Crippen LogP contribution in [0.1, 0.15) is 15.9 Å². The number of pyridine rings is 1. The summed E-state index contributed by atoms with van der Waals surface area (Å²) in [6, 6.07) is 6.57. The smallest absolute Gasteiger partial charge is 0.388 e. The lowest BCUT2D eigenvalue weighted by Crippen LogP contribution is -2.15. The van der Waals surface area contributed by atoms with E-state index in [-0.39, 0.29) is 11.3 Å². The van der Waals surface area contributed by atoms with Crippen molar-refractivity contribution in [2.45, 2.75) is 6.18 Å². The topological polar surface area (TPSA) is 54.0 Å². The first kappa shape index (κ1) is 14.8. The number of amides is 1. The summed E-state index contributed by atoms with van der Waals surface area (Å²) in [5.74, 6) is -0.629. The zero-order valence-electron chi connectivity index (χ0n) is 11.0. The fraction of sp³-hybridized carbons (Fsp3) is 0.143. The van der Waals surface area contributed by atoms with Gasteiger partial charge in [-0.2, -0.15) is 13.2 Å². The van der Waals surface area contributed by atoms with Crippen molar-refractivity contribution in [3.63, 3.8) is 0 Å². The molecule has 7 heteroatoms. The maximum atomic E-state index is 12.9. The normalized spacial score (nSPS) is 11.0. The molecule has 110 valence electrons. The van der Waals surface area contributed by atoms with E-state index in [0.717, 1.165) is 6.07 Å². The van der Waals surface area contributed by atoms with Crippen LogP contribution < -0.4 is 10.6 Å². The van der Waals surface area contributed by atoms with E-state index < -0.39 is 17.6 Å². The third-order valence-electron chi connectivity index (χ3n) is 2.78. The molecule has 0 atom stereocenters. The van der Waals surface area contributed by atoms with E-state index >= 15 is 0 Å². The Hall–Kier alpha value is -2.57. The van der Waals surface area contributed by atoms with E-state index in [0.29, 0.717) is 5.69 Å². The largest absolute Gasteiger partial charge is 0.418 e. The Balaban J connectivity index is 2.30. The molecule has 0 aliphatic carbocycles. The Bertz CT molecular complexity index is 642. The molecule has 2 rings (SSSR count). The molecular weight excluding hydrogens is 283 g/mol. The van der Waals surface area contributed by atoms with Crippen molar-refractivity contribution in [1.82, 2.24) is 4.98 Å². The van der Waals surface area contributed by atoms with Crippen LogP contribution >= 0.6 is 0 Å². The predicted molar refractivity (Wildman–Crippen MR) is 73.2 cm³/mol. The maximum absolute atomic E-state index is 12.9. The van der Waals surface area contributed by atoms with Gasteiger partial charge in [0.1, 0.15) is 0 Å². The van der Waals surface area contributed by atoms with Crippen molar-refractivity contribution in [1.29, 1.82) is 0 Å². The van der Waals surface area contributed by atoms with Crippen molar-refractivity contribution >= 4 is 17.3 Å². The third kappa shape index (κ3) is 3.50. The van der Waals surface area contributed by atoms with Crippen molar-refractivity contribution in [3.05, 3.63) is 53.9 Å². The van der Waals surface area contributed by atoms with Crippen LogP contribution in [0.5, 0.6) is 0 Å². The monoisotopic (exact) mass is 295 g/mol. The number of halogens is 3. The molecule has 0 spiro atoms. The summed E-state index contributed by atoms with van der Waals surface area (Å²) in [4.78, 5) is 15.8. The van der Waals surface area contributed by atoms with Gasteiger partial charge >= 0.3 is 6.18 Å². The van der Waals surface area contributed by atoms with Crippen LogP contribution in [0.4, 0.5) is 24.5 Å². The molecule has 0 saturated carbocycles. The number of aromatic nitrogens is 1. The molecule has 1 aromatic carbocycles. The fourth-order valence-corrected chi connectivity index (χ4v) is 1.78. The van der Waals surface area contributed by atoms with Gasteiger partial charge in [-0.05, 0) is 30.3 Å².